The van der Waals surface area contributed by atoms with Gasteiger partial charge in [-0.1, -0.05) is 84.9 Å². The Morgan fingerprint density at radius 2 is 1.30 bits per heavy atom. The molecule has 0 fully saturated rings. The lowest BCUT2D eigenvalue weighted by Gasteiger charge is -2.32. The van der Waals surface area contributed by atoms with Crippen LogP contribution in [0.3, 0.4) is 0 Å². The topological polar surface area (TPSA) is 75.2 Å². The minimum absolute atomic E-state index is 0.0402. The normalized spacial score (nSPS) is 12.8. The third-order valence-electron chi connectivity index (χ3n) is 10.7. The van der Waals surface area contributed by atoms with Crippen LogP contribution in [-0.2, 0) is 0 Å². The fraction of sp³-hybridized carbons (Fsp3) is 0. The first kappa shape index (κ1) is 28.5. The van der Waals surface area contributed by atoms with Crippen molar-refractivity contribution >= 4 is 66.8 Å². The predicted octanol–water partition coefficient (Wildman–Crippen LogP) is 8.93. The van der Waals surface area contributed by atoms with Crippen LogP contribution >= 0.6 is 0 Å². The van der Waals surface area contributed by atoms with Gasteiger partial charge in [0.05, 0.1) is 40.5 Å². The maximum Gasteiger partial charge on any atom is 0.262 e. The highest BCUT2D eigenvalue weighted by Crippen LogP contribution is 2.40. The summed E-state index contributed by atoms with van der Waals surface area (Å²) in [6, 6.07) is 46.0. The summed E-state index contributed by atoms with van der Waals surface area (Å²) in [7, 11) is 0. The van der Waals surface area contributed by atoms with Crippen LogP contribution < -0.4 is 25.9 Å². The molecule has 8 heteroatoms. The number of para-hydroxylation sites is 4. The van der Waals surface area contributed by atoms with E-state index in [1.54, 1.807) is 12.4 Å². The molecule has 246 valence electrons. The number of pyridine rings is 1. The molecule has 0 atom stereocenters. The fourth-order valence-electron chi connectivity index (χ4n) is 8.35. The molecule has 0 N–H and O–H groups in total. The van der Waals surface area contributed by atoms with E-state index in [2.05, 4.69) is 106 Å². The highest BCUT2D eigenvalue weighted by molar-refractivity contribution is 6.98. The number of fused-ring (bicyclic) bond motifs is 10. The molecule has 0 amide bonds. The summed E-state index contributed by atoms with van der Waals surface area (Å²) in [6.07, 6.45) is 5.37. The molecule has 0 unspecified atom stereocenters. The molecule has 2 aliphatic rings. The zero-order valence-electron chi connectivity index (χ0n) is 28.0. The second-order valence-corrected chi connectivity index (χ2v) is 13.6. The number of nitrogens with zero attached hydrogens (tertiary/aromatic N) is 4. The number of benzene rings is 6. The minimum Gasteiger partial charge on any atom is -0.458 e. The maximum absolute atomic E-state index is 6.48. The van der Waals surface area contributed by atoms with Crippen LogP contribution in [0.15, 0.2) is 156 Å². The van der Waals surface area contributed by atoms with Gasteiger partial charge in [-0.05, 0) is 59.5 Å². The average Bonchev–Trinajstić information content (AvgIpc) is 3.76. The molecule has 0 radical (unpaired) electrons. The van der Waals surface area contributed by atoms with Gasteiger partial charge >= 0.3 is 0 Å². The van der Waals surface area contributed by atoms with Gasteiger partial charge in [0.1, 0.15) is 22.8 Å². The number of hydrogen-bond donors (Lipinski definition) is 0. The number of aromatic nitrogens is 4. The van der Waals surface area contributed by atoms with Gasteiger partial charge < -0.3 is 18.5 Å². The van der Waals surface area contributed by atoms with Gasteiger partial charge in [-0.2, -0.15) is 0 Å². The van der Waals surface area contributed by atoms with Gasteiger partial charge in [0.2, 0.25) is 5.88 Å². The number of ether oxygens (including phenoxy) is 2. The molecule has 10 aromatic rings. The van der Waals surface area contributed by atoms with Crippen LogP contribution in [0.5, 0.6) is 23.1 Å². The van der Waals surface area contributed by atoms with Crippen LogP contribution in [0.25, 0.3) is 71.9 Å². The second kappa shape index (κ2) is 10.7. The van der Waals surface area contributed by atoms with E-state index in [0.717, 1.165) is 106 Å². The van der Waals surface area contributed by atoms with Crippen molar-refractivity contribution in [3.63, 3.8) is 0 Å². The van der Waals surface area contributed by atoms with Crippen molar-refractivity contribution in [1.29, 1.82) is 0 Å². The van der Waals surface area contributed by atoms with Crippen molar-refractivity contribution in [2.45, 2.75) is 0 Å². The Bertz CT molecular complexity index is 3170. The molecule has 12 rings (SSSR count). The lowest BCUT2D eigenvalue weighted by molar-refractivity contribution is 0.450. The van der Waals surface area contributed by atoms with Gasteiger partial charge in [-0.3, -0.25) is 4.98 Å². The summed E-state index contributed by atoms with van der Waals surface area (Å²) >= 11 is 0. The quantitative estimate of drug-likeness (QED) is 0.174. The first-order valence-corrected chi connectivity index (χ1v) is 17.6. The van der Waals surface area contributed by atoms with Crippen LogP contribution in [0.1, 0.15) is 0 Å². The molecule has 6 aromatic carbocycles. The van der Waals surface area contributed by atoms with Crippen molar-refractivity contribution in [2.75, 3.05) is 0 Å². The summed E-state index contributed by atoms with van der Waals surface area (Å²) in [5.41, 5.74) is 11.5. The van der Waals surface area contributed by atoms with E-state index in [4.69, 9.17) is 18.9 Å². The molecule has 7 nitrogen and oxygen atoms in total. The van der Waals surface area contributed by atoms with E-state index in [1.807, 2.05) is 48.7 Å². The molecule has 6 heterocycles. The third kappa shape index (κ3) is 4.08. The maximum atomic E-state index is 6.48. The van der Waals surface area contributed by atoms with E-state index in [0.29, 0.717) is 5.88 Å². The third-order valence-corrected chi connectivity index (χ3v) is 10.7. The zero-order chi connectivity index (χ0) is 34.6. The molecule has 0 spiro atoms. The van der Waals surface area contributed by atoms with Gasteiger partial charge in [0, 0.05) is 44.3 Å². The van der Waals surface area contributed by atoms with Gasteiger partial charge in [0.25, 0.3) is 6.71 Å². The summed E-state index contributed by atoms with van der Waals surface area (Å²) in [5.74, 6) is 2.95. The van der Waals surface area contributed by atoms with E-state index in [1.165, 1.54) is 0 Å². The molecule has 0 saturated heterocycles. The summed E-state index contributed by atoms with van der Waals surface area (Å²) in [5, 5.41) is 4.49. The summed E-state index contributed by atoms with van der Waals surface area (Å²) in [6.45, 7) is -0.0402. The van der Waals surface area contributed by atoms with Crippen molar-refractivity contribution in [3.05, 3.63) is 152 Å². The Balaban J connectivity index is 0.967. The molecular weight excluding hydrogens is 655 g/mol. The second-order valence-electron chi connectivity index (χ2n) is 13.6. The van der Waals surface area contributed by atoms with Gasteiger partial charge in [-0.15, -0.1) is 0 Å². The summed E-state index contributed by atoms with van der Waals surface area (Å²) < 4.78 is 21.5. The van der Waals surface area contributed by atoms with Gasteiger partial charge in [-0.25, -0.2) is 9.97 Å². The van der Waals surface area contributed by atoms with Crippen molar-refractivity contribution < 1.29 is 13.9 Å². The summed E-state index contributed by atoms with van der Waals surface area (Å²) in [4.78, 5) is 14.4. The zero-order valence-corrected chi connectivity index (χ0v) is 28.0. The average molecular weight is 681 g/mol. The largest absolute Gasteiger partial charge is 0.458 e. The SMILES string of the molecule is c1ccc2c(c1)Oc1ccnc3c1B2c1ccc(-c2cncc(-c4ccc5c(c4)c4ccccc4n5-c4cccc5c4oc4ccccc45)n2)cc1O3. The van der Waals surface area contributed by atoms with Crippen molar-refractivity contribution in [2.24, 2.45) is 0 Å². The number of rotatable bonds is 3. The van der Waals surface area contributed by atoms with Crippen LogP contribution in [0, 0.1) is 0 Å². The van der Waals surface area contributed by atoms with Gasteiger partial charge in [0.15, 0.2) is 5.58 Å². The van der Waals surface area contributed by atoms with E-state index in [-0.39, 0.29) is 6.71 Å². The molecular formula is C45H25BN4O3. The predicted molar refractivity (Wildman–Crippen MR) is 210 cm³/mol. The van der Waals surface area contributed by atoms with Crippen molar-refractivity contribution in [3.8, 4) is 51.3 Å². The highest BCUT2D eigenvalue weighted by Gasteiger charge is 2.40. The fourth-order valence-corrected chi connectivity index (χ4v) is 8.35. The standard InChI is InChI=1S/C45H25BN4O3/c1-4-12-36-28(8-1)31-22-26(17-19-37(31)50(36)38-13-7-10-30-29-9-2-5-14-39(29)52-44(30)38)34-24-47-25-35(49-34)27-16-18-33-42(23-27)53-45-43-41(20-21-48-45)51-40-15-6-3-11-32(40)46(33)43/h1-25H. The van der Waals surface area contributed by atoms with Crippen LogP contribution in [0.2, 0.25) is 0 Å². The Kier molecular flexibility index (Phi) is 5.74. The first-order valence-electron chi connectivity index (χ1n) is 17.6. The molecule has 0 bridgehead atoms. The molecule has 0 saturated carbocycles. The van der Waals surface area contributed by atoms with E-state index in [9.17, 15) is 0 Å². The Morgan fingerprint density at radius 1 is 0.547 bits per heavy atom. The van der Waals surface area contributed by atoms with E-state index >= 15 is 0 Å². The lowest BCUT2D eigenvalue weighted by Crippen LogP contribution is -2.57. The molecule has 4 aromatic heterocycles. The molecule has 0 aliphatic carbocycles. The Morgan fingerprint density at radius 3 is 2.25 bits per heavy atom. The van der Waals surface area contributed by atoms with Crippen LogP contribution in [0.4, 0.5) is 0 Å². The molecule has 53 heavy (non-hydrogen) atoms. The smallest absolute Gasteiger partial charge is 0.262 e. The number of hydrogen-bond acceptors (Lipinski definition) is 6. The van der Waals surface area contributed by atoms with E-state index < -0.39 is 0 Å². The number of furan rings is 1. The Hall–Kier alpha value is -7.19. The van der Waals surface area contributed by atoms with Crippen molar-refractivity contribution in [1.82, 2.24) is 19.5 Å². The minimum atomic E-state index is -0.0402. The lowest BCUT2D eigenvalue weighted by atomic mass is 9.35. The molecule has 2 aliphatic heterocycles. The monoisotopic (exact) mass is 680 g/mol. The highest BCUT2D eigenvalue weighted by atomic mass is 16.5. The Labute approximate surface area is 302 Å². The first-order chi connectivity index (χ1) is 26.3. The van der Waals surface area contributed by atoms with Crippen LogP contribution in [-0.4, -0.2) is 26.2 Å².